The third kappa shape index (κ3) is 4.46. The van der Waals surface area contributed by atoms with Crippen LogP contribution in [-0.4, -0.2) is 14.5 Å². The Morgan fingerprint density at radius 3 is 2.20 bits per heavy atom. The molecule has 0 atom stereocenters. The lowest BCUT2D eigenvalue weighted by atomic mass is 9.88. The van der Waals surface area contributed by atoms with Crippen LogP contribution in [0.25, 0.3) is 93.3 Å². The van der Waals surface area contributed by atoms with Gasteiger partial charge in [0.25, 0.3) is 0 Å². The molecule has 0 N–H and O–H groups in total. The van der Waals surface area contributed by atoms with Crippen molar-refractivity contribution in [2.45, 2.75) is 46.4 Å². The molecule has 10 rings (SSSR count). The summed E-state index contributed by atoms with van der Waals surface area (Å²) < 4.78 is 41.0. The summed E-state index contributed by atoms with van der Waals surface area (Å²) in [5, 5.41) is 4.03. The fourth-order valence-electron chi connectivity index (χ4n) is 7.80. The van der Waals surface area contributed by atoms with Gasteiger partial charge in [-0.2, -0.15) is 0 Å². The van der Waals surface area contributed by atoms with Gasteiger partial charge in [-0.3, -0.25) is 4.57 Å². The normalized spacial score (nSPS) is 13.5. The molecule has 0 spiro atoms. The van der Waals surface area contributed by atoms with Crippen LogP contribution >= 0.6 is 11.3 Å². The van der Waals surface area contributed by atoms with Gasteiger partial charge in [-0.05, 0) is 89.5 Å². The monoisotopic (exact) mass is 684 g/mol. The third-order valence-electron chi connectivity index (χ3n) is 10.2. The number of nitrogens with zero attached hydrogens (tertiary/aromatic N) is 3. The molecule has 0 saturated heterocycles. The highest BCUT2D eigenvalue weighted by Gasteiger charge is 2.27. The number of aryl methyl sites for hydroxylation is 1. The van der Waals surface area contributed by atoms with Gasteiger partial charge in [-0.1, -0.05) is 88.4 Å². The minimum absolute atomic E-state index is 0.114. The van der Waals surface area contributed by atoms with E-state index in [9.17, 15) is 0 Å². The lowest BCUT2D eigenvalue weighted by molar-refractivity contribution is 0.663. The number of fused-ring (bicyclic) bond motifs is 10. The zero-order valence-corrected chi connectivity index (χ0v) is 29.4. The Balaban J connectivity index is 1.36. The number of hydrogen-bond acceptors (Lipinski definition) is 5. The molecule has 6 heteroatoms. The number of imidazole rings is 1. The van der Waals surface area contributed by atoms with Gasteiger partial charge in [0.05, 0.1) is 31.9 Å². The summed E-state index contributed by atoms with van der Waals surface area (Å²) in [7, 11) is 0. The van der Waals surface area contributed by atoms with Crippen molar-refractivity contribution in [1.29, 1.82) is 0 Å². The Morgan fingerprint density at radius 2 is 1.41 bits per heavy atom. The van der Waals surface area contributed by atoms with E-state index in [-0.39, 0.29) is 16.8 Å². The average molecular weight is 685 g/mol. The van der Waals surface area contributed by atoms with Crippen LogP contribution in [0.5, 0.6) is 0 Å². The van der Waals surface area contributed by atoms with Crippen LogP contribution in [0.4, 0.5) is 0 Å². The van der Waals surface area contributed by atoms with Crippen molar-refractivity contribution in [3.8, 4) is 28.2 Å². The molecule has 248 valence electrons. The summed E-state index contributed by atoms with van der Waals surface area (Å²) in [5.74, 6) is 0.988. The molecule has 0 aliphatic rings. The predicted octanol–water partition coefficient (Wildman–Crippen LogP) is 13.3. The zero-order valence-electron chi connectivity index (χ0n) is 31.6. The summed E-state index contributed by atoms with van der Waals surface area (Å²) in [4.78, 5) is 10.2. The maximum absolute atomic E-state index is 8.24. The second kappa shape index (κ2) is 11.1. The predicted molar refractivity (Wildman–Crippen MR) is 213 cm³/mol. The first-order valence-electron chi connectivity index (χ1n) is 18.9. The molecule has 0 bridgehead atoms. The standard InChI is InChI=1S/C45H35N3O2S/c1-24(2)33-22-28(27-12-7-6-8-13-27)23-34(25(3)4)41(33)48-42-35(19-21-38-40(42)46-26(5)51-38)47-45(48)32-16-11-15-29-30-18-20-37-39(44(30)50-43(29)32)31-14-9-10-17-36(31)49-37/h6-25H,1-5H3/i5D3. The summed E-state index contributed by atoms with van der Waals surface area (Å²) >= 11 is 1.21. The van der Waals surface area contributed by atoms with Crippen LogP contribution in [-0.2, 0) is 0 Å². The number of para-hydroxylation sites is 2. The van der Waals surface area contributed by atoms with E-state index in [2.05, 4.69) is 99.0 Å². The van der Waals surface area contributed by atoms with Crippen molar-refractivity contribution in [1.82, 2.24) is 14.5 Å². The first kappa shape index (κ1) is 27.1. The van der Waals surface area contributed by atoms with Gasteiger partial charge < -0.3 is 8.83 Å². The molecular formula is C45H35N3O2S. The van der Waals surface area contributed by atoms with Gasteiger partial charge in [0.1, 0.15) is 39.2 Å². The molecule has 4 aromatic heterocycles. The van der Waals surface area contributed by atoms with Crippen molar-refractivity contribution in [3.63, 3.8) is 0 Å². The maximum Gasteiger partial charge on any atom is 0.149 e. The number of rotatable bonds is 5. The largest absolute Gasteiger partial charge is 0.456 e. The molecule has 0 amide bonds. The number of aromatic nitrogens is 3. The molecule has 5 nitrogen and oxygen atoms in total. The summed E-state index contributed by atoms with van der Waals surface area (Å²) in [6, 6.07) is 37.4. The van der Waals surface area contributed by atoms with E-state index in [1.807, 2.05) is 42.5 Å². The number of furan rings is 2. The smallest absolute Gasteiger partial charge is 0.149 e. The second-order valence-corrected chi connectivity index (χ2v) is 15.0. The minimum atomic E-state index is -2.34. The Hall–Kier alpha value is -5.72. The van der Waals surface area contributed by atoms with Crippen LogP contribution < -0.4 is 0 Å². The van der Waals surface area contributed by atoms with Gasteiger partial charge in [0.15, 0.2) is 0 Å². The van der Waals surface area contributed by atoms with E-state index >= 15 is 0 Å². The van der Waals surface area contributed by atoms with Crippen LogP contribution in [0.1, 0.15) is 59.8 Å². The molecule has 51 heavy (non-hydrogen) atoms. The van der Waals surface area contributed by atoms with Crippen molar-refractivity contribution in [2.75, 3.05) is 0 Å². The van der Waals surface area contributed by atoms with E-state index in [4.69, 9.17) is 22.9 Å². The molecule has 0 unspecified atom stereocenters. The SMILES string of the molecule is [2H]C([2H])([2H])c1nc2c(ccc3nc(-c4cccc5c4oc4c5ccc5oc6ccccc6c54)n(-c4c(C(C)C)cc(-c5ccccc5)cc4C(C)C)c32)s1. The topological polar surface area (TPSA) is 57.0 Å². The van der Waals surface area contributed by atoms with Crippen LogP contribution in [0.3, 0.4) is 0 Å². The molecule has 0 radical (unpaired) electrons. The molecule has 0 saturated carbocycles. The van der Waals surface area contributed by atoms with Crippen molar-refractivity contribution in [3.05, 3.63) is 125 Å². The Morgan fingerprint density at radius 1 is 0.667 bits per heavy atom. The van der Waals surface area contributed by atoms with Crippen LogP contribution in [0, 0.1) is 6.85 Å². The van der Waals surface area contributed by atoms with Crippen molar-refractivity contribution < 1.29 is 12.9 Å². The van der Waals surface area contributed by atoms with Gasteiger partial charge in [0, 0.05) is 20.3 Å². The average Bonchev–Trinajstić information content (AvgIpc) is 3.95. The lowest BCUT2D eigenvalue weighted by Gasteiger charge is -2.24. The van der Waals surface area contributed by atoms with Crippen molar-refractivity contribution >= 4 is 76.5 Å². The molecule has 0 fully saturated rings. The van der Waals surface area contributed by atoms with E-state index in [1.165, 1.54) is 11.3 Å². The second-order valence-electron chi connectivity index (χ2n) is 13.9. The molecule has 4 heterocycles. The Bertz CT molecular complexity index is 3080. The van der Waals surface area contributed by atoms with Crippen LogP contribution in [0.2, 0.25) is 0 Å². The van der Waals surface area contributed by atoms with E-state index < -0.39 is 6.85 Å². The summed E-state index contributed by atoms with van der Waals surface area (Å²) in [6.07, 6.45) is 0. The first-order valence-corrected chi connectivity index (χ1v) is 18.2. The molecule has 6 aromatic carbocycles. The highest BCUT2D eigenvalue weighted by molar-refractivity contribution is 7.18. The lowest BCUT2D eigenvalue weighted by Crippen LogP contribution is -2.09. The number of benzene rings is 6. The van der Waals surface area contributed by atoms with Gasteiger partial charge in [-0.25, -0.2) is 9.97 Å². The van der Waals surface area contributed by atoms with Crippen LogP contribution in [0.15, 0.2) is 118 Å². The van der Waals surface area contributed by atoms with Gasteiger partial charge in [0.2, 0.25) is 0 Å². The molecule has 10 aromatic rings. The number of thiazole rings is 1. The number of hydrogen-bond donors (Lipinski definition) is 0. The highest BCUT2D eigenvalue weighted by Crippen LogP contribution is 2.45. The Kier molecular flexibility index (Phi) is 5.91. The quantitative estimate of drug-likeness (QED) is 0.181. The Labute approximate surface area is 303 Å². The van der Waals surface area contributed by atoms with Gasteiger partial charge in [-0.15, -0.1) is 11.3 Å². The van der Waals surface area contributed by atoms with Gasteiger partial charge >= 0.3 is 0 Å². The summed E-state index contributed by atoms with van der Waals surface area (Å²) in [5.41, 5.74) is 11.7. The highest BCUT2D eigenvalue weighted by atomic mass is 32.1. The van der Waals surface area contributed by atoms with Crippen molar-refractivity contribution in [2.24, 2.45) is 0 Å². The first-order chi connectivity index (χ1) is 26.1. The van der Waals surface area contributed by atoms with E-state index in [0.717, 1.165) is 93.1 Å². The zero-order chi connectivity index (χ0) is 37.0. The maximum atomic E-state index is 8.24. The third-order valence-corrected chi connectivity index (χ3v) is 11.0. The molecular weight excluding hydrogens is 647 g/mol. The van der Waals surface area contributed by atoms with E-state index in [1.54, 1.807) is 0 Å². The fraction of sp³-hybridized carbons (Fsp3) is 0.156. The fourth-order valence-corrected chi connectivity index (χ4v) is 8.53. The minimum Gasteiger partial charge on any atom is -0.456 e. The molecule has 0 aliphatic heterocycles. The summed E-state index contributed by atoms with van der Waals surface area (Å²) in [6.45, 7) is 6.56. The van der Waals surface area contributed by atoms with E-state index in [0.29, 0.717) is 11.3 Å². The molecule has 0 aliphatic carbocycles.